The molecule has 2 aromatic rings. The maximum absolute atomic E-state index is 4.34. The molecule has 1 aliphatic carbocycles. The van der Waals surface area contributed by atoms with E-state index in [1.165, 1.54) is 36.0 Å². The lowest BCUT2D eigenvalue weighted by Crippen LogP contribution is -2.28. The van der Waals surface area contributed by atoms with E-state index < -0.39 is 0 Å². The fraction of sp³-hybridized carbons (Fsp3) is 0.263. The summed E-state index contributed by atoms with van der Waals surface area (Å²) in [5.74, 6) is 1.44. The molecule has 0 bridgehead atoms. The molecule has 1 saturated carbocycles. The molecule has 0 radical (unpaired) electrons. The molecule has 1 aliphatic rings. The van der Waals surface area contributed by atoms with Crippen LogP contribution in [-0.2, 0) is 6.42 Å². The van der Waals surface area contributed by atoms with E-state index in [2.05, 4.69) is 67.2 Å². The summed E-state index contributed by atoms with van der Waals surface area (Å²) in [7, 11) is 0. The van der Waals surface area contributed by atoms with Crippen LogP contribution in [0.2, 0.25) is 0 Å². The van der Waals surface area contributed by atoms with Gasteiger partial charge in [0, 0.05) is 0 Å². The van der Waals surface area contributed by atoms with E-state index in [0.717, 1.165) is 5.92 Å². The van der Waals surface area contributed by atoms with E-state index in [4.69, 9.17) is 0 Å². The zero-order valence-electron chi connectivity index (χ0n) is 11.3. The molecule has 0 aliphatic heterocycles. The van der Waals surface area contributed by atoms with Gasteiger partial charge in [-0.3, -0.25) is 0 Å². The van der Waals surface area contributed by atoms with Gasteiger partial charge in [-0.15, -0.1) is 0 Å². The van der Waals surface area contributed by atoms with Crippen LogP contribution in [0, 0.1) is 11.8 Å². The molecule has 0 heteroatoms. The molecule has 2 aromatic carbocycles. The van der Waals surface area contributed by atoms with Gasteiger partial charge in [-0.2, -0.15) is 0 Å². The molecule has 2 atom stereocenters. The van der Waals surface area contributed by atoms with E-state index in [0.29, 0.717) is 5.92 Å². The predicted octanol–water partition coefficient (Wildman–Crippen LogP) is 4.97. The van der Waals surface area contributed by atoms with Crippen molar-refractivity contribution in [1.29, 1.82) is 0 Å². The second-order valence-electron chi connectivity index (χ2n) is 5.52. The van der Waals surface area contributed by atoms with Crippen molar-refractivity contribution in [3.63, 3.8) is 0 Å². The minimum Gasteiger partial charge on any atom is -0.0949 e. The largest absolute Gasteiger partial charge is 0.0949 e. The van der Waals surface area contributed by atoms with Gasteiger partial charge in [0.25, 0.3) is 0 Å². The van der Waals surface area contributed by atoms with Gasteiger partial charge in [-0.25, -0.2) is 0 Å². The standard InChI is InChI=1S/C19H20/c1-15(17-10-6-3-7-11-17)19-13-12-18(19)14-16-8-4-2-5-9-16/h2-11,18-19H,1,12-14H2. The van der Waals surface area contributed by atoms with Gasteiger partial charge < -0.3 is 0 Å². The van der Waals surface area contributed by atoms with Crippen LogP contribution in [0.4, 0.5) is 0 Å². The molecule has 0 heterocycles. The summed E-state index contributed by atoms with van der Waals surface area (Å²) in [6.07, 6.45) is 3.83. The van der Waals surface area contributed by atoms with Crippen LogP contribution in [0.5, 0.6) is 0 Å². The number of rotatable bonds is 4. The molecule has 0 N–H and O–H groups in total. The summed E-state index contributed by atoms with van der Waals surface area (Å²) in [6.45, 7) is 4.34. The van der Waals surface area contributed by atoms with Crippen LogP contribution in [0.25, 0.3) is 5.57 Å². The molecular weight excluding hydrogens is 228 g/mol. The van der Waals surface area contributed by atoms with Crippen molar-refractivity contribution in [1.82, 2.24) is 0 Å². The third-order valence-corrected chi connectivity index (χ3v) is 4.35. The Kier molecular flexibility index (Phi) is 3.50. The summed E-state index contributed by atoms with van der Waals surface area (Å²) in [5, 5.41) is 0. The average molecular weight is 248 g/mol. The first kappa shape index (κ1) is 12.2. The van der Waals surface area contributed by atoms with Crippen LogP contribution in [0.15, 0.2) is 67.2 Å². The van der Waals surface area contributed by atoms with E-state index in [-0.39, 0.29) is 0 Å². The highest BCUT2D eigenvalue weighted by Gasteiger charge is 2.32. The van der Waals surface area contributed by atoms with Crippen molar-refractivity contribution in [2.75, 3.05) is 0 Å². The number of benzene rings is 2. The second kappa shape index (κ2) is 5.44. The summed E-state index contributed by atoms with van der Waals surface area (Å²) in [5.41, 5.74) is 4.09. The van der Waals surface area contributed by atoms with E-state index in [9.17, 15) is 0 Å². The molecule has 0 amide bonds. The Morgan fingerprint density at radius 2 is 1.53 bits per heavy atom. The fourth-order valence-electron chi connectivity index (χ4n) is 3.06. The van der Waals surface area contributed by atoms with Gasteiger partial charge in [0.15, 0.2) is 0 Å². The summed E-state index contributed by atoms with van der Waals surface area (Å²) in [4.78, 5) is 0. The molecule has 2 unspecified atom stereocenters. The fourth-order valence-corrected chi connectivity index (χ4v) is 3.06. The Morgan fingerprint density at radius 3 is 2.11 bits per heavy atom. The maximum atomic E-state index is 4.34. The topological polar surface area (TPSA) is 0 Å². The van der Waals surface area contributed by atoms with Crippen molar-refractivity contribution in [2.45, 2.75) is 19.3 Å². The summed E-state index contributed by atoms with van der Waals surface area (Å²) < 4.78 is 0. The molecule has 1 fully saturated rings. The maximum Gasteiger partial charge on any atom is -0.0130 e. The van der Waals surface area contributed by atoms with Crippen LogP contribution in [0.3, 0.4) is 0 Å². The molecule has 0 aromatic heterocycles. The smallest absolute Gasteiger partial charge is 0.0130 e. The SMILES string of the molecule is C=C(c1ccccc1)C1CCC1Cc1ccccc1. The van der Waals surface area contributed by atoms with Crippen molar-refractivity contribution >= 4 is 5.57 Å². The van der Waals surface area contributed by atoms with E-state index >= 15 is 0 Å². The molecule has 3 rings (SSSR count). The minimum absolute atomic E-state index is 0.669. The summed E-state index contributed by atoms with van der Waals surface area (Å²) in [6, 6.07) is 21.5. The Morgan fingerprint density at radius 1 is 0.895 bits per heavy atom. The normalized spacial score (nSPS) is 21.7. The highest BCUT2D eigenvalue weighted by Crippen LogP contribution is 2.44. The van der Waals surface area contributed by atoms with E-state index in [1.807, 2.05) is 0 Å². The average Bonchev–Trinajstić information content (AvgIpc) is 2.46. The summed E-state index contributed by atoms with van der Waals surface area (Å²) >= 11 is 0. The molecule has 0 nitrogen and oxygen atoms in total. The van der Waals surface area contributed by atoms with Gasteiger partial charge in [-0.05, 0) is 47.8 Å². The Bertz CT molecular complexity index is 539. The first-order valence-corrected chi connectivity index (χ1v) is 7.13. The van der Waals surface area contributed by atoms with Crippen molar-refractivity contribution in [3.05, 3.63) is 78.4 Å². The zero-order chi connectivity index (χ0) is 13.1. The van der Waals surface area contributed by atoms with Crippen molar-refractivity contribution in [3.8, 4) is 0 Å². The third-order valence-electron chi connectivity index (χ3n) is 4.35. The van der Waals surface area contributed by atoms with Gasteiger partial charge >= 0.3 is 0 Å². The van der Waals surface area contributed by atoms with Crippen molar-refractivity contribution in [2.24, 2.45) is 11.8 Å². The first-order valence-electron chi connectivity index (χ1n) is 7.13. The molecule has 0 saturated heterocycles. The highest BCUT2D eigenvalue weighted by atomic mass is 14.4. The van der Waals surface area contributed by atoms with Gasteiger partial charge in [0.1, 0.15) is 0 Å². The van der Waals surface area contributed by atoms with Crippen LogP contribution < -0.4 is 0 Å². The Labute approximate surface area is 115 Å². The Balaban J connectivity index is 1.68. The van der Waals surface area contributed by atoms with Gasteiger partial charge in [-0.1, -0.05) is 67.2 Å². The quantitative estimate of drug-likeness (QED) is 0.716. The van der Waals surface area contributed by atoms with Gasteiger partial charge in [0.05, 0.1) is 0 Å². The highest BCUT2D eigenvalue weighted by molar-refractivity contribution is 5.66. The molecular formula is C19H20. The monoisotopic (exact) mass is 248 g/mol. The second-order valence-corrected chi connectivity index (χ2v) is 5.52. The molecule has 0 spiro atoms. The van der Waals surface area contributed by atoms with Crippen LogP contribution in [0.1, 0.15) is 24.0 Å². The van der Waals surface area contributed by atoms with E-state index in [1.54, 1.807) is 0 Å². The number of hydrogen-bond acceptors (Lipinski definition) is 0. The number of hydrogen-bond donors (Lipinski definition) is 0. The Hall–Kier alpha value is -1.82. The molecule has 19 heavy (non-hydrogen) atoms. The molecule has 96 valence electrons. The number of allylic oxidation sites excluding steroid dienone is 1. The van der Waals surface area contributed by atoms with Crippen molar-refractivity contribution < 1.29 is 0 Å². The van der Waals surface area contributed by atoms with Crippen LogP contribution >= 0.6 is 0 Å². The lowest BCUT2D eigenvalue weighted by Gasteiger charge is -2.38. The van der Waals surface area contributed by atoms with Gasteiger partial charge in [0.2, 0.25) is 0 Å². The lowest BCUT2D eigenvalue weighted by atomic mass is 9.66. The third kappa shape index (κ3) is 2.63. The van der Waals surface area contributed by atoms with Crippen LogP contribution in [-0.4, -0.2) is 0 Å². The first-order chi connectivity index (χ1) is 9.34. The minimum atomic E-state index is 0.669. The lowest BCUT2D eigenvalue weighted by molar-refractivity contribution is 0.236. The zero-order valence-corrected chi connectivity index (χ0v) is 11.3. The predicted molar refractivity (Wildman–Crippen MR) is 81.8 cm³/mol.